The number of aromatic amines is 1. The Morgan fingerprint density at radius 2 is 1.94 bits per heavy atom. The first-order valence-corrected chi connectivity index (χ1v) is 11.1. The second kappa shape index (κ2) is 11.7. The molecule has 1 amide bonds. The number of ketones is 1. The topological polar surface area (TPSA) is 104 Å². The first-order chi connectivity index (χ1) is 15.8. The van der Waals surface area contributed by atoms with Crippen LogP contribution in [0.25, 0.3) is 11.3 Å². The van der Waals surface area contributed by atoms with Gasteiger partial charge in [0.2, 0.25) is 5.91 Å². The third-order valence-corrected chi connectivity index (χ3v) is 5.31. The van der Waals surface area contributed by atoms with Crippen molar-refractivity contribution in [2.75, 3.05) is 20.6 Å². The lowest BCUT2D eigenvalue weighted by atomic mass is 10.0. The number of carbonyl (C=O) groups excluding carboxylic acids is 2. The molecule has 0 unspecified atom stereocenters. The van der Waals surface area contributed by atoms with Gasteiger partial charge in [-0.3, -0.25) is 9.59 Å². The molecule has 10 heteroatoms. The Kier molecular flexibility index (Phi) is 8.73. The molecule has 8 nitrogen and oxygen atoms in total. The maximum Gasteiger partial charge on any atom is 0.234 e. The van der Waals surface area contributed by atoms with Crippen molar-refractivity contribution in [2.45, 2.75) is 38.1 Å². The van der Waals surface area contributed by atoms with Crippen molar-refractivity contribution in [3.63, 3.8) is 0 Å². The van der Waals surface area contributed by atoms with Gasteiger partial charge in [-0.15, -0.1) is 0 Å². The normalized spacial score (nSPS) is 12.2. The van der Waals surface area contributed by atoms with Crippen LogP contribution in [-0.2, 0) is 4.79 Å². The molecule has 0 saturated carbocycles. The second-order valence-electron chi connectivity index (χ2n) is 8.06. The van der Waals surface area contributed by atoms with Crippen LogP contribution in [0.2, 0.25) is 5.15 Å². The number of carbonyl (C=O) groups is 2. The Bertz CT molecular complexity index is 1050. The lowest BCUT2D eigenvalue weighted by Crippen LogP contribution is -2.36. The maximum atomic E-state index is 13.3. The van der Waals surface area contributed by atoms with Gasteiger partial charge in [-0.1, -0.05) is 29.6 Å². The van der Waals surface area contributed by atoms with E-state index in [0.717, 1.165) is 12.8 Å². The summed E-state index contributed by atoms with van der Waals surface area (Å²) in [5.41, 5.74) is 1.51. The molecule has 3 aromatic rings. The number of aromatic nitrogens is 3. The van der Waals surface area contributed by atoms with Crippen molar-refractivity contribution in [3.05, 3.63) is 59.1 Å². The number of amides is 1. The number of nitrogens with zero attached hydrogens (tertiary/aromatic N) is 3. The van der Waals surface area contributed by atoms with Crippen LogP contribution in [0.1, 0.15) is 54.5 Å². The van der Waals surface area contributed by atoms with E-state index in [0.29, 0.717) is 47.2 Å². The molecule has 176 valence electrons. The van der Waals surface area contributed by atoms with Crippen molar-refractivity contribution in [1.82, 2.24) is 25.3 Å². The van der Waals surface area contributed by atoms with Gasteiger partial charge in [-0.2, -0.15) is 0 Å². The summed E-state index contributed by atoms with van der Waals surface area (Å²) < 4.78 is 18.0. The fourth-order valence-corrected chi connectivity index (χ4v) is 3.68. The van der Waals surface area contributed by atoms with E-state index in [-0.39, 0.29) is 30.1 Å². The number of imidazole rings is 1. The molecule has 2 N–H and O–H groups in total. The zero-order valence-electron chi connectivity index (χ0n) is 18.6. The molecule has 1 aromatic carbocycles. The molecule has 0 spiro atoms. The molecule has 0 saturated heterocycles. The third-order valence-electron chi connectivity index (χ3n) is 5.04. The molecule has 0 aliphatic heterocycles. The summed E-state index contributed by atoms with van der Waals surface area (Å²) in [5, 5.41) is 6.98. The average Bonchev–Trinajstić information content (AvgIpc) is 3.43. The van der Waals surface area contributed by atoms with Crippen LogP contribution in [-0.4, -0.2) is 52.4 Å². The van der Waals surface area contributed by atoms with Crippen LogP contribution in [0.15, 0.2) is 41.1 Å². The van der Waals surface area contributed by atoms with Gasteiger partial charge in [0, 0.05) is 18.1 Å². The van der Waals surface area contributed by atoms with Crippen molar-refractivity contribution in [1.29, 1.82) is 0 Å². The van der Waals surface area contributed by atoms with Gasteiger partial charge >= 0.3 is 0 Å². The zero-order chi connectivity index (χ0) is 23.8. The number of H-pyrrole nitrogens is 1. The molecule has 0 radical (unpaired) electrons. The summed E-state index contributed by atoms with van der Waals surface area (Å²) in [5.74, 6) is -0.00463. The smallest absolute Gasteiger partial charge is 0.234 e. The minimum Gasteiger partial charge on any atom is -0.364 e. The highest BCUT2D eigenvalue weighted by Gasteiger charge is 2.21. The van der Waals surface area contributed by atoms with E-state index in [9.17, 15) is 14.0 Å². The van der Waals surface area contributed by atoms with Crippen LogP contribution in [0.4, 0.5) is 4.39 Å². The molecule has 2 aromatic heterocycles. The number of rotatable bonds is 12. The molecule has 0 aliphatic rings. The van der Waals surface area contributed by atoms with E-state index in [2.05, 4.69) is 20.4 Å². The van der Waals surface area contributed by atoms with Gasteiger partial charge in [0.05, 0.1) is 12.6 Å². The number of Topliss-reactive ketones (excluding diaryl/α,β-unsaturated/α-hetero) is 1. The number of benzene rings is 1. The Labute approximate surface area is 196 Å². The molecule has 3 rings (SSSR count). The predicted octanol–water partition coefficient (Wildman–Crippen LogP) is 4.41. The van der Waals surface area contributed by atoms with Crippen molar-refractivity contribution < 1.29 is 18.5 Å². The van der Waals surface area contributed by atoms with E-state index < -0.39 is 0 Å². The van der Waals surface area contributed by atoms with E-state index in [4.69, 9.17) is 16.1 Å². The van der Waals surface area contributed by atoms with E-state index >= 15 is 0 Å². The van der Waals surface area contributed by atoms with Crippen LogP contribution in [0.3, 0.4) is 0 Å². The van der Waals surface area contributed by atoms with E-state index in [1.165, 1.54) is 18.4 Å². The first-order valence-electron chi connectivity index (χ1n) is 10.7. The molecular weight excluding hydrogens is 449 g/mol. The summed E-state index contributed by atoms with van der Waals surface area (Å²) in [7, 11) is 3.63. The second-order valence-corrected chi connectivity index (χ2v) is 8.43. The third kappa shape index (κ3) is 7.23. The molecule has 0 aliphatic carbocycles. The highest BCUT2D eigenvalue weighted by atomic mass is 35.5. The molecular formula is C23H27ClFN5O3. The number of halogens is 2. The van der Waals surface area contributed by atoms with Gasteiger partial charge in [0.25, 0.3) is 0 Å². The Morgan fingerprint density at radius 3 is 2.61 bits per heavy atom. The lowest BCUT2D eigenvalue weighted by molar-refractivity contribution is -0.122. The lowest BCUT2D eigenvalue weighted by Gasteiger charge is -2.18. The zero-order valence-corrected chi connectivity index (χ0v) is 19.4. The Balaban J connectivity index is 1.64. The Morgan fingerprint density at radius 1 is 1.18 bits per heavy atom. The standard InChI is InChI=1S/C23H27ClFN5O3/c1-30(2)14-20(32)26-18(6-4-3-5-7-19(31)17-12-13-33-29-17)23-27-21(22(24)28-23)15-8-10-16(25)11-9-15/h8-13,18H,3-7,14H2,1-2H3,(H,26,32)(H,27,28)/t18-/m0/s1. The summed E-state index contributed by atoms with van der Waals surface area (Å²) in [6.45, 7) is 0.238. The number of unbranched alkanes of at least 4 members (excludes halogenated alkanes) is 2. The van der Waals surface area contributed by atoms with Crippen LogP contribution < -0.4 is 5.32 Å². The molecule has 1 atom stereocenters. The summed E-state index contributed by atoms with van der Waals surface area (Å²) in [6.07, 6.45) is 4.63. The first kappa shape index (κ1) is 24.6. The fraction of sp³-hybridized carbons (Fsp3) is 0.391. The Hall–Kier alpha value is -3.04. The average molecular weight is 476 g/mol. The van der Waals surface area contributed by atoms with Crippen LogP contribution >= 0.6 is 11.6 Å². The minimum absolute atomic E-state index is 0.0543. The van der Waals surface area contributed by atoms with Crippen molar-refractivity contribution in [2.24, 2.45) is 0 Å². The monoisotopic (exact) mass is 475 g/mol. The number of nitrogens with one attached hydrogen (secondary N) is 2. The summed E-state index contributed by atoms with van der Waals surface area (Å²) in [6, 6.07) is 7.07. The fourth-order valence-electron chi connectivity index (χ4n) is 3.43. The molecule has 0 fully saturated rings. The largest absolute Gasteiger partial charge is 0.364 e. The van der Waals surface area contributed by atoms with E-state index in [1.54, 1.807) is 23.1 Å². The van der Waals surface area contributed by atoms with Crippen LogP contribution in [0.5, 0.6) is 0 Å². The highest BCUT2D eigenvalue weighted by Crippen LogP contribution is 2.29. The molecule has 0 bridgehead atoms. The molecule has 33 heavy (non-hydrogen) atoms. The van der Waals surface area contributed by atoms with Crippen molar-refractivity contribution >= 4 is 23.3 Å². The van der Waals surface area contributed by atoms with E-state index in [1.807, 2.05) is 14.1 Å². The van der Waals surface area contributed by atoms with Crippen molar-refractivity contribution in [3.8, 4) is 11.3 Å². The predicted molar refractivity (Wildman–Crippen MR) is 122 cm³/mol. The summed E-state index contributed by atoms with van der Waals surface area (Å²) >= 11 is 6.37. The van der Waals surface area contributed by atoms with Gasteiger partial charge in [-0.05, 0) is 51.2 Å². The SMILES string of the molecule is CN(C)CC(=O)N[C@@H](CCCCCC(=O)c1ccon1)c1nc(-c2ccc(F)cc2)c(Cl)[nH]1. The van der Waals surface area contributed by atoms with Gasteiger partial charge in [-0.25, -0.2) is 9.37 Å². The van der Waals surface area contributed by atoms with Gasteiger partial charge in [0.1, 0.15) is 34.4 Å². The van der Waals surface area contributed by atoms with Gasteiger partial charge in [0.15, 0.2) is 5.78 Å². The van der Waals surface area contributed by atoms with Gasteiger partial charge < -0.3 is 19.7 Å². The quantitative estimate of drug-likeness (QED) is 0.297. The van der Waals surface area contributed by atoms with Crippen LogP contribution in [0, 0.1) is 5.82 Å². The number of hydrogen-bond acceptors (Lipinski definition) is 6. The number of hydrogen-bond donors (Lipinski definition) is 2. The summed E-state index contributed by atoms with van der Waals surface area (Å²) in [4.78, 5) is 33.9. The number of likely N-dealkylation sites (N-methyl/N-ethyl adjacent to an activating group) is 1. The minimum atomic E-state index is -0.379. The highest BCUT2D eigenvalue weighted by molar-refractivity contribution is 6.31. The molecule has 2 heterocycles. The maximum absolute atomic E-state index is 13.3.